The van der Waals surface area contributed by atoms with Gasteiger partial charge in [-0.3, -0.25) is 9.55 Å². The first-order valence-corrected chi connectivity index (χ1v) is 14.4. The van der Waals surface area contributed by atoms with Gasteiger partial charge in [-0.2, -0.15) is 0 Å². The predicted octanol–water partition coefficient (Wildman–Crippen LogP) is 9.37. The first-order chi connectivity index (χ1) is 19.3. The highest BCUT2D eigenvalue weighted by Gasteiger charge is 2.24. The Morgan fingerprint density at radius 2 is 1.23 bits per heavy atom. The van der Waals surface area contributed by atoms with E-state index in [-0.39, 0.29) is 0 Å². The Kier molecular flexibility index (Phi) is 4.33. The van der Waals surface area contributed by atoms with Gasteiger partial charge < -0.3 is 0 Å². The third-order valence-electron chi connectivity index (χ3n) is 7.51. The summed E-state index contributed by atoms with van der Waals surface area (Å²) in [5, 5.41) is 5.77. The number of nitrogens with zero attached hydrogens (tertiary/aromatic N) is 4. The number of hydrogen-bond donors (Lipinski definition) is 0. The maximum Gasteiger partial charge on any atom is 0.235 e. The van der Waals surface area contributed by atoms with Crippen molar-refractivity contribution in [3.05, 3.63) is 109 Å². The standard InChI is InChI=1S/C33H18N4S2/c1-2-10-21-19(8-1)15-16-24-27(20-9-7-17-34-18-20)35-33(36-28(21)24)37-29-22-11-3-5-13-25(22)38-31(29)32-30(37)23-12-4-6-14-26(23)39-32/h1-18H. The Morgan fingerprint density at radius 1 is 0.564 bits per heavy atom. The molecule has 0 fully saturated rings. The molecule has 9 aromatic rings. The zero-order chi connectivity index (χ0) is 25.5. The molecule has 0 aliphatic rings. The summed E-state index contributed by atoms with van der Waals surface area (Å²) in [4.78, 5) is 15.1. The number of rotatable bonds is 2. The summed E-state index contributed by atoms with van der Waals surface area (Å²) in [5.41, 5.74) is 5.18. The van der Waals surface area contributed by atoms with Gasteiger partial charge in [0.15, 0.2) is 0 Å². The summed E-state index contributed by atoms with van der Waals surface area (Å²) in [6, 6.07) is 34.1. The van der Waals surface area contributed by atoms with E-state index in [4.69, 9.17) is 9.97 Å². The van der Waals surface area contributed by atoms with Crippen molar-refractivity contribution in [3.8, 4) is 17.2 Å². The fraction of sp³-hybridized carbons (Fsp3) is 0. The van der Waals surface area contributed by atoms with Crippen LogP contribution in [0.15, 0.2) is 109 Å². The van der Waals surface area contributed by atoms with Gasteiger partial charge in [0, 0.05) is 48.9 Å². The first kappa shape index (κ1) is 21.3. The second-order valence-electron chi connectivity index (χ2n) is 9.68. The summed E-state index contributed by atoms with van der Waals surface area (Å²) >= 11 is 3.71. The van der Waals surface area contributed by atoms with Crippen LogP contribution in [0.1, 0.15) is 0 Å². The minimum atomic E-state index is 0.685. The average molecular weight is 535 g/mol. The van der Waals surface area contributed by atoms with Crippen LogP contribution in [0.4, 0.5) is 0 Å². The molecular formula is C33H18N4S2. The maximum absolute atomic E-state index is 5.35. The van der Waals surface area contributed by atoms with Gasteiger partial charge in [-0.15, -0.1) is 22.7 Å². The van der Waals surface area contributed by atoms with E-state index in [9.17, 15) is 0 Å². The monoisotopic (exact) mass is 534 g/mol. The molecule has 0 bridgehead atoms. The lowest BCUT2D eigenvalue weighted by molar-refractivity contribution is 1.02. The Balaban J connectivity index is 1.52. The molecule has 4 aromatic carbocycles. The van der Waals surface area contributed by atoms with Crippen molar-refractivity contribution in [1.29, 1.82) is 0 Å². The molecule has 0 unspecified atom stereocenters. The minimum absolute atomic E-state index is 0.685. The van der Waals surface area contributed by atoms with Gasteiger partial charge in [-0.1, -0.05) is 66.7 Å². The molecule has 0 aliphatic carbocycles. The zero-order valence-corrected chi connectivity index (χ0v) is 22.1. The van der Waals surface area contributed by atoms with Crippen molar-refractivity contribution < 1.29 is 0 Å². The van der Waals surface area contributed by atoms with Gasteiger partial charge in [0.05, 0.1) is 31.6 Å². The van der Waals surface area contributed by atoms with E-state index < -0.39 is 0 Å². The van der Waals surface area contributed by atoms with Crippen molar-refractivity contribution in [2.45, 2.75) is 0 Å². The van der Waals surface area contributed by atoms with Gasteiger partial charge in [-0.25, -0.2) is 9.97 Å². The Hall–Kier alpha value is -4.65. The molecular weight excluding hydrogens is 517 g/mol. The third kappa shape index (κ3) is 2.95. The molecule has 39 heavy (non-hydrogen) atoms. The SMILES string of the molecule is c1cncc(-c2nc(-n3c4c5ccccc5sc4c4sc5ccccc5c43)nc3c2ccc2ccccc23)c1. The van der Waals surface area contributed by atoms with E-state index in [0.717, 1.165) is 32.9 Å². The maximum atomic E-state index is 5.35. The Morgan fingerprint density at radius 3 is 1.92 bits per heavy atom. The second-order valence-corrected chi connectivity index (χ2v) is 11.8. The van der Waals surface area contributed by atoms with Crippen molar-refractivity contribution in [2.75, 3.05) is 0 Å². The van der Waals surface area contributed by atoms with Crippen molar-refractivity contribution in [2.24, 2.45) is 0 Å². The first-order valence-electron chi connectivity index (χ1n) is 12.8. The summed E-state index contributed by atoms with van der Waals surface area (Å²) in [5.74, 6) is 0.685. The number of hydrogen-bond acceptors (Lipinski definition) is 5. The second kappa shape index (κ2) is 7.93. The molecule has 0 amide bonds. The zero-order valence-electron chi connectivity index (χ0n) is 20.5. The van der Waals surface area contributed by atoms with Crippen LogP contribution in [-0.4, -0.2) is 19.5 Å². The molecule has 4 nitrogen and oxygen atoms in total. The van der Waals surface area contributed by atoms with Crippen LogP contribution in [0.5, 0.6) is 0 Å². The van der Waals surface area contributed by atoms with Crippen LogP contribution in [0.25, 0.3) is 79.5 Å². The number of fused-ring (bicyclic) bond motifs is 10. The average Bonchev–Trinajstić information content (AvgIpc) is 3.65. The van der Waals surface area contributed by atoms with E-state index in [0.29, 0.717) is 5.95 Å². The van der Waals surface area contributed by atoms with Gasteiger partial charge >= 0.3 is 0 Å². The van der Waals surface area contributed by atoms with E-state index in [1.54, 1.807) is 6.20 Å². The van der Waals surface area contributed by atoms with Gasteiger partial charge in [0.2, 0.25) is 5.95 Å². The Bertz CT molecular complexity index is 2310. The number of pyridine rings is 1. The fourth-order valence-electron chi connectivity index (χ4n) is 5.80. The number of aromatic nitrogens is 4. The van der Waals surface area contributed by atoms with Crippen LogP contribution in [0, 0.1) is 0 Å². The topological polar surface area (TPSA) is 43.6 Å². The molecule has 5 heterocycles. The normalized spacial score (nSPS) is 12.1. The predicted molar refractivity (Wildman–Crippen MR) is 165 cm³/mol. The number of thiophene rings is 2. The molecule has 5 aromatic heterocycles. The molecule has 0 spiro atoms. The van der Waals surface area contributed by atoms with Gasteiger partial charge in [0.1, 0.15) is 0 Å². The Labute approximate surface area is 230 Å². The molecule has 0 N–H and O–H groups in total. The third-order valence-corrected chi connectivity index (χ3v) is 9.99. The lowest BCUT2D eigenvalue weighted by Gasteiger charge is -2.13. The molecule has 0 saturated carbocycles. The van der Waals surface area contributed by atoms with Crippen molar-refractivity contribution >= 4 is 85.0 Å². The molecule has 6 heteroatoms. The van der Waals surface area contributed by atoms with Crippen molar-refractivity contribution in [3.63, 3.8) is 0 Å². The summed E-state index contributed by atoms with van der Waals surface area (Å²) in [6.07, 6.45) is 3.69. The van der Waals surface area contributed by atoms with Crippen LogP contribution in [-0.2, 0) is 0 Å². The number of benzene rings is 4. The lowest BCUT2D eigenvalue weighted by Crippen LogP contribution is -2.04. The molecule has 0 aliphatic heterocycles. The molecule has 0 saturated heterocycles. The molecule has 0 radical (unpaired) electrons. The smallest absolute Gasteiger partial charge is 0.235 e. The van der Waals surface area contributed by atoms with Gasteiger partial charge in [-0.05, 0) is 35.7 Å². The van der Waals surface area contributed by atoms with E-state index in [2.05, 4.69) is 101 Å². The fourth-order valence-corrected chi connectivity index (χ4v) is 8.31. The summed E-state index contributed by atoms with van der Waals surface area (Å²) in [6.45, 7) is 0. The van der Waals surface area contributed by atoms with Gasteiger partial charge in [0.25, 0.3) is 0 Å². The van der Waals surface area contributed by atoms with E-state index in [1.165, 1.54) is 40.6 Å². The van der Waals surface area contributed by atoms with E-state index in [1.807, 2.05) is 34.9 Å². The highest BCUT2D eigenvalue weighted by molar-refractivity contribution is 7.33. The molecule has 0 atom stereocenters. The van der Waals surface area contributed by atoms with Crippen molar-refractivity contribution in [1.82, 2.24) is 19.5 Å². The summed E-state index contributed by atoms with van der Waals surface area (Å²) in [7, 11) is 0. The van der Waals surface area contributed by atoms with Crippen LogP contribution in [0.3, 0.4) is 0 Å². The van der Waals surface area contributed by atoms with E-state index >= 15 is 0 Å². The quantitative estimate of drug-likeness (QED) is 0.208. The molecule has 9 rings (SSSR count). The summed E-state index contributed by atoms with van der Waals surface area (Å²) < 4.78 is 7.43. The highest BCUT2D eigenvalue weighted by atomic mass is 32.1. The largest absolute Gasteiger partial charge is 0.275 e. The highest BCUT2D eigenvalue weighted by Crippen LogP contribution is 2.48. The molecule has 182 valence electrons. The van der Waals surface area contributed by atoms with Crippen LogP contribution in [0.2, 0.25) is 0 Å². The van der Waals surface area contributed by atoms with Crippen LogP contribution >= 0.6 is 22.7 Å². The van der Waals surface area contributed by atoms with Crippen LogP contribution < -0.4 is 0 Å². The lowest BCUT2D eigenvalue weighted by atomic mass is 10.0. The minimum Gasteiger partial charge on any atom is -0.275 e.